The first kappa shape index (κ1) is 15.0. The van der Waals surface area contributed by atoms with Crippen molar-refractivity contribution in [2.75, 3.05) is 19.6 Å². The highest BCUT2D eigenvalue weighted by molar-refractivity contribution is 7.87. The van der Waals surface area contributed by atoms with E-state index < -0.39 is 10.2 Å². The fourth-order valence-electron chi connectivity index (χ4n) is 3.13. The number of nitrogens with one attached hydrogen (secondary N) is 1. The second-order valence-corrected chi connectivity index (χ2v) is 8.14. The summed E-state index contributed by atoms with van der Waals surface area (Å²) < 4.78 is 29.0. The second kappa shape index (κ2) is 5.70. The predicted molar refractivity (Wildman–Crippen MR) is 83.2 cm³/mol. The molecule has 6 nitrogen and oxygen atoms in total. The molecule has 118 valence electrons. The van der Waals surface area contributed by atoms with E-state index in [1.54, 1.807) is 4.31 Å². The van der Waals surface area contributed by atoms with Crippen LogP contribution < -0.4 is 4.72 Å². The maximum atomic E-state index is 12.3. The van der Waals surface area contributed by atoms with Crippen LogP contribution in [-0.2, 0) is 10.2 Å². The van der Waals surface area contributed by atoms with E-state index in [1.165, 1.54) is 5.70 Å². The van der Waals surface area contributed by atoms with Crippen LogP contribution in [0, 0.1) is 5.92 Å². The van der Waals surface area contributed by atoms with Gasteiger partial charge in [0, 0.05) is 37.8 Å². The van der Waals surface area contributed by atoms with E-state index in [0.29, 0.717) is 25.6 Å². The van der Waals surface area contributed by atoms with Gasteiger partial charge in [-0.25, -0.2) is 0 Å². The first-order chi connectivity index (χ1) is 9.95. The number of aliphatic imine (C=N–C) groups is 1. The summed E-state index contributed by atoms with van der Waals surface area (Å²) in [7, 11) is -3.33. The standard InChI is InChI=1S/C14H24N4O2S/c1-11(2)14-8-13-7-12(9-17(13)10-15-14)16-21(19,20)18-5-3-4-6-18/h8,10-12,14,16H,3-7,9H2,1-2H3. The van der Waals surface area contributed by atoms with Gasteiger partial charge in [0.05, 0.1) is 12.4 Å². The fourth-order valence-corrected chi connectivity index (χ4v) is 4.60. The lowest BCUT2D eigenvalue weighted by Crippen LogP contribution is -2.45. The molecule has 0 aromatic rings. The van der Waals surface area contributed by atoms with Crippen LogP contribution in [0.1, 0.15) is 33.1 Å². The Balaban J connectivity index is 1.65. The van der Waals surface area contributed by atoms with E-state index in [0.717, 1.165) is 19.3 Å². The minimum absolute atomic E-state index is 0.0563. The molecule has 1 N–H and O–H groups in total. The molecule has 0 amide bonds. The van der Waals surface area contributed by atoms with Crippen molar-refractivity contribution in [1.29, 1.82) is 0 Å². The quantitative estimate of drug-likeness (QED) is 0.840. The zero-order valence-electron chi connectivity index (χ0n) is 12.7. The molecule has 0 saturated carbocycles. The Morgan fingerprint density at radius 3 is 2.71 bits per heavy atom. The maximum Gasteiger partial charge on any atom is 0.279 e. The Labute approximate surface area is 127 Å². The molecule has 3 rings (SSSR count). The SMILES string of the molecule is CC(C)C1C=C2CC(NS(=O)(=O)N3CCCC3)CN2C=N1. The summed E-state index contributed by atoms with van der Waals surface area (Å²) in [6.45, 7) is 6.26. The van der Waals surface area contributed by atoms with Gasteiger partial charge in [0.25, 0.3) is 10.2 Å². The zero-order chi connectivity index (χ0) is 15.0. The molecule has 0 spiro atoms. The van der Waals surface area contributed by atoms with Crippen molar-refractivity contribution in [2.24, 2.45) is 10.9 Å². The van der Waals surface area contributed by atoms with Crippen LogP contribution in [0.2, 0.25) is 0 Å². The van der Waals surface area contributed by atoms with Crippen LogP contribution in [0.5, 0.6) is 0 Å². The molecule has 0 radical (unpaired) electrons. The van der Waals surface area contributed by atoms with Crippen LogP contribution in [0.15, 0.2) is 16.8 Å². The van der Waals surface area contributed by atoms with Gasteiger partial charge >= 0.3 is 0 Å². The average molecular weight is 312 g/mol. The lowest BCUT2D eigenvalue weighted by atomic mass is 10.0. The topological polar surface area (TPSA) is 65.0 Å². The highest BCUT2D eigenvalue weighted by Gasteiger charge is 2.34. The van der Waals surface area contributed by atoms with Crippen molar-refractivity contribution < 1.29 is 8.42 Å². The Hall–Kier alpha value is -0.920. The molecule has 2 fully saturated rings. The minimum atomic E-state index is -3.33. The van der Waals surface area contributed by atoms with Gasteiger partial charge in [-0.15, -0.1) is 0 Å². The van der Waals surface area contributed by atoms with Gasteiger partial charge in [0.2, 0.25) is 0 Å². The molecule has 0 aromatic heterocycles. The van der Waals surface area contributed by atoms with Crippen molar-refractivity contribution in [1.82, 2.24) is 13.9 Å². The van der Waals surface area contributed by atoms with Crippen molar-refractivity contribution >= 4 is 16.5 Å². The Morgan fingerprint density at radius 2 is 2.05 bits per heavy atom. The van der Waals surface area contributed by atoms with Crippen molar-refractivity contribution in [3.63, 3.8) is 0 Å². The van der Waals surface area contributed by atoms with Gasteiger partial charge in [-0.2, -0.15) is 17.4 Å². The number of fused-ring (bicyclic) bond motifs is 1. The molecule has 3 aliphatic heterocycles. The summed E-state index contributed by atoms with van der Waals surface area (Å²) in [5.41, 5.74) is 1.19. The first-order valence-corrected chi connectivity index (χ1v) is 9.18. The zero-order valence-corrected chi connectivity index (χ0v) is 13.5. The summed E-state index contributed by atoms with van der Waals surface area (Å²) in [4.78, 5) is 6.58. The van der Waals surface area contributed by atoms with E-state index in [2.05, 4.69) is 34.5 Å². The van der Waals surface area contributed by atoms with Crippen molar-refractivity contribution in [3.05, 3.63) is 11.8 Å². The lowest BCUT2D eigenvalue weighted by molar-refractivity contribution is 0.449. The Bertz CT molecular complexity index is 549. The number of hydrogen-bond acceptors (Lipinski definition) is 4. The lowest BCUT2D eigenvalue weighted by Gasteiger charge is -2.23. The summed E-state index contributed by atoms with van der Waals surface area (Å²) >= 11 is 0. The van der Waals surface area contributed by atoms with E-state index in [-0.39, 0.29) is 12.1 Å². The second-order valence-electron chi connectivity index (χ2n) is 6.44. The predicted octanol–water partition coefficient (Wildman–Crippen LogP) is 0.941. The molecule has 0 aromatic carbocycles. The number of nitrogens with zero attached hydrogens (tertiary/aromatic N) is 3. The van der Waals surface area contributed by atoms with Gasteiger partial charge in [0.1, 0.15) is 0 Å². The maximum absolute atomic E-state index is 12.3. The molecule has 2 atom stereocenters. The fraction of sp³-hybridized carbons (Fsp3) is 0.786. The third-order valence-electron chi connectivity index (χ3n) is 4.39. The van der Waals surface area contributed by atoms with E-state index in [9.17, 15) is 8.42 Å². The van der Waals surface area contributed by atoms with E-state index in [4.69, 9.17) is 0 Å². The van der Waals surface area contributed by atoms with Gasteiger partial charge in [0.15, 0.2) is 0 Å². The number of rotatable bonds is 4. The van der Waals surface area contributed by atoms with Gasteiger partial charge in [-0.1, -0.05) is 13.8 Å². The minimum Gasteiger partial charge on any atom is -0.335 e. The molecule has 2 saturated heterocycles. The van der Waals surface area contributed by atoms with E-state index in [1.807, 2.05) is 6.34 Å². The molecular formula is C14H24N4O2S. The summed E-state index contributed by atoms with van der Waals surface area (Å²) in [6, 6.07) is 0.157. The normalized spacial score (nSPS) is 30.0. The molecule has 7 heteroatoms. The molecule has 0 aliphatic carbocycles. The Morgan fingerprint density at radius 1 is 1.33 bits per heavy atom. The largest absolute Gasteiger partial charge is 0.335 e. The van der Waals surface area contributed by atoms with Crippen LogP contribution in [0.25, 0.3) is 0 Å². The first-order valence-electron chi connectivity index (χ1n) is 7.74. The molecule has 3 aliphatic rings. The van der Waals surface area contributed by atoms with Gasteiger partial charge in [-0.05, 0) is 24.8 Å². The highest BCUT2D eigenvalue weighted by Crippen LogP contribution is 2.27. The monoisotopic (exact) mass is 312 g/mol. The third kappa shape index (κ3) is 3.14. The molecule has 2 unspecified atom stereocenters. The Kier molecular flexibility index (Phi) is 4.07. The molecule has 0 bridgehead atoms. The average Bonchev–Trinajstić information content (AvgIpc) is 3.06. The summed E-state index contributed by atoms with van der Waals surface area (Å²) in [5, 5.41) is 0. The summed E-state index contributed by atoms with van der Waals surface area (Å²) in [6.07, 6.45) is 6.72. The smallest absolute Gasteiger partial charge is 0.279 e. The third-order valence-corrected chi connectivity index (χ3v) is 6.06. The van der Waals surface area contributed by atoms with Crippen molar-refractivity contribution in [2.45, 2.75) is 45.2 Å². The molecule has 21 heavy (non-hydrogen) atoms. The van der Waals surface area contributed by atoms with Crippen LogP contribution in [-0.4, -0.2) is 55.7 Å². The van der Waals surface area contributed by atoms with E-state index >= 15 is 0 Å². The van der Waals surface area contributed by atoms with Crippen molar-refractivity contribution in [3.8, 4) is 0 Å². The highest BCUT2D eigenvalue weighted by atomic mass is 32.2. The summed E-state index contributed by atoms with van der Waals surface area (Å²) in [5.74, 6) is 0.469. The van der Waals surface area contributed by atoms with Crippen LogP contribution >= 0.6 is 0 Å². The van der Waals surface area contributed by atoms with Gasteiger partial charge in [-0.3, -0.25) is 4.99 Å². The number of hydrogen-bond donors (Lipinski definition) is 1. The molecular weight excluding hydrogens is 288 g/mol. The molecule has 3 heterocycles. The van der Waals surface area contributed by atoms with Crippen LogP contribution in [0.3, 0.4) is 0 Å². The van der Waals surface area contributed by atoms with Crippen LogP contribution in [0.4, 0.5) is 0 Å². The van der Waals surface area contributed by atoms with Gasteiger partial charge < -0.3 is 4.90 Å².